The monoisotopic (exact) mass is 290 g/mol. The van der Waals surface area contributed by atoms with E-state index in [1.54, 1.807) is 20.8 Å². The zero-order valence-corrected chi connectivity index (χ0v) is 12.7. The van der Waals surface area contributed by atoms with E-state index in [0.717, 1.165) is 0 Å². The van der Waals surface area contributed by atoms with Crippen molar-refractivity contribution in [3.8, 4) is 24.1 Å². The summed E-state index contributed by atoms with van der Waals surface area (Å²) in [6, 6.07) is 0. The van der Waals surface area contributed by atoms with E-state index < -0.39 is 20.4 Å². The molecule has 0 saturated heterocycles. The fraction of sp³-hybridized carbons (Fsp3) is 0.667. The van der Waals surface area contributed by atoms with E-state index in [1.807, 2.05) is 0 Å². The minimum absolute atomic E-state index is 0.148. The van der Waals surface area contributed by atoms with Gasteiger partial charge in [-0.1, -0.05) is 11.8 Å². The van der Waals surface area contributed by atoms with Crippen molar-refractivity contribution in [3.05, 3.63) is 0 Å². The summed E-state index contributed by atoms with van der Waals surface area (Å²) in [4.78, 5) is 0. The molecule has 2 unspecified atom stereocenters. The second-order valence-corrected chi connectivity index (χ2v) is 4.73. The van der Waals surface area contributed by atoms with Crippen molar-refractivity contribution in [1.29, 1.82) is 0 Å². The van der Waals surface area contributed by atoms with Crippen LogP contribution in [0.25, 0.3) is 0 Å². The molecule has 7 heteroatoms. The van der Waals surface area contributed by atoms with Gasteiger partial charge in [-0.3, -0.25) is 4.52 Å². The van der Waals surface area contributed by atoms with E-state index in [9.17, 15) is 4.57 Å². The molecule has 0 aromatic heterocycles. The van der Waals surface area contributed by atoms with Crippen LogP contribution < -0.4 is 0 Å². The Bertz CT molecular complexity index is 379. The lowest BCUT2D eigenvalue weighted by atomic mass is 10.7. The largest absolute Gasteiger partial charge is 0.481 e. The van der Waals surface area contributed by atoms with Gasteiger partial charge in [0.05, 0.1) is 6.61 Å². The number of phosphoric ester groups is 1. The van der Waals surface area contributed by atoms with Crippen LogP contribution in [-0.4, -0.2) is 19.2 Å². The Morgan fingerprint density at radius 3 is 1.74 bits per heavy atom. The Morgan fingerprint density at radius 1 is 1.00 bits per heavy atom. The first kappa shape index (κ1) is 17.8. The van der Waals surface area contributed by atoms with Crippen molar-refractivity contribution in [2.45, 2.75) is 47.2 Å². The van der Waals surface area contributed by atoms with Crippen LogP contribution in [-0.2, 0) is 27.6 Å². The first-order valence-electron chi connectivity index (χ1n) is 5.73. The van der Waals surface area contributed by atoms with Gasteiger partial charge in [0.2, 0.25) is 12.6 Å². The van der Waals surface area contributed by atoms with Crippen LogP contribution in [0.5, 0.6) is 0 Å². The minimum Gasteiger partial charge on any atom is -0.414 e. The third kappa shape index (κ3) is 8.53. The van der Waals surface area contributed by atoms with E-state index in [-0.39, 0.29) is 6.61 Å². The van der Waals surface area contributed by atoms with Crippen molar-refractivity contribution in [2.75, 3.05) is 6.61 Å². The maximum Gasteiger partial charge on any atom is 0.481 e. The maximum atomic E-state index is 12.2. The van der Waals surface area contributed by atoms with Crippen molar-refractivity contribution >= 4 is 7.82 Å². The molecule has 6 nitrogen and oxygen atoms in total. The zero-order valence-electron chi connectivity index (χ0n) is 11.8. The van der Waals surface area contributed by atoms with Crippen molar-refractivity contribution in [3.63, 3.8) is 0 Å². The van der Waals surface area contributed by atoms with Gasteiger partial charge in [0.25, 0.3) is 0 Å². The SMILES string of the molecule is CC#COC(C)OP(=O)(OCC)OC(C)OC#CC. The zero-order chi connectivity index (χ0) is 14.7. The van der Waals surface area contributed by atoms with E-state index in [4.69, 9.17) is 23.0 Å². The quantitative estimate of drug-likeness (QED) is 0.389. The molecule has 0 rings (SSSR count). The van der Waals surface area contributed by atoms with Crippen LogP contribution in [0.2, 0.25) is 0 Å². The summed E-state index contributed by atoms with van der Waals surface area (Å²) in [7, 11) is -3.80. The summed E-state index contributed by atoms with van der Waals surface area (Å²) in [5.41, 5.74) is 0. The molecule has 0 spiro atoms. The number of hydrogen-bond acceptors (Lipinski definition) is 6. The van der Waals surface area contributed by atoms with Gasteiger partial charge in [0.1, 0.15) is 12.2 Å². The van der Waals surface area contributed by atoms with Crippen molar-refractivity contribution < 1.29 is 27.6 Å². The van der Waals surface area contributed by atoms with Crippen molar-refractivity contribution in [2.24, 2.45) is 0 Å². The molecule has 0 amide bonds. The third-order valence-corrected chi connectivity index (χ3v) is 3.18. The highest BCUT2D eigenvalue weighted by Crippen LogP contribution is 2.51. The number of hydrogen-bond donors (Lipinski definition) is 0. The maximum absolute atomic E-state index is 12.2. The van der Waals surface area contributed by atoms with Gasteiger partial charge in [-0.05, 0) is 20.8 Å². The van der Waals surface area contributed by atoms with Gasteiger partial charge >= 0.3 is 7.82 Å². The fourth-order valence-corrected chi connectivity index (χ4v) is 2.24. The lowest BCUT2D eigenvalue weighted by molar-refractivity contribution is -0.0741. The molecule has 19 heavy (non-hydrogen) atoms. The van der Waals surface area contributed by atoms with Gasteiger partial charge in [-0.15, -0.1) is 0 Å². The highest BCUT2D eigenvalue weighted by molar-refractivity contribution is 7.48. The Kier molecular flexibility index (Phi) is 9.12. The molecule has 0 fully saturated rings. The molecular weight excluding hydrogens is 271 g/mol. The van der Waals surface area contributed by atoms with Gasteiger partial charge in [-0.2, -0.15) is 0 Å². The molecule has 0 heterocycles. The second kappa shape index (κ2) is 9.72. The lowest BCUT2D eigenvalue weighted by Gasteiger charge is -2.22. The van der Waals surface area contributed by atoms with Gasteiger partial charge in [-0.25, -0.2) is 13.6 Å². The average molecular weight is 290 g/mol. The van der Waals surface area contributed by atoms with Crippen molar-refractivity contribution in [1.82, 2.24) is 0 Å². The predicted octanol–water partition coefficient (Wildman–Crippen LogP) is 2.85. The van der Waals surface area contributed by atoms with Crippen LogP contribution in [0.15, 0.2) is 0 Å². The molecule has 0 aliphatic carbocycles. The molecule has 0 bridgehead atoms. The molecule has 0 saturated carbocycles. The summed E-state index contributed by atoms with van der Waals surface area (Å²) in [5, 5.41) is 0. The lowest BCUT2D eigenvalue weighted by Crippen LogP contribution is -2.16. The van der Waals surface area contributed by atoms with E-state index >= 15 is 0 Å². The molecule has 0 aliphatic rings. The molecule has 0 aromatic carbocycles. The number of phosphoric acid groups is 1. The normalized spacial score (nSPS) is 15.8. The molecular formula is C12H19O6P. The Hall–Kier alpha value is -1.17. The summed E-state index contributed by atoms with van der Waals surface area (Å²) in [6.45, 7) is 8.06. The minimum atomic E-state index is -3.80. The number of ether oxygens (including phenoxy) is 2. The van der Waals surface area contributed by atoms with Gasteiger partial charge in [0, 0.05) is 13.8 Å². The smallest absolute Gasteiger partial charge is 0.414 e. The summed E-state index contributed by atoms with van der Waals surface area (Å²) >= 11 is 0. The molecule has 0 N–H and O–H groups in total. The van der Waals surface area contributed by atoms with Gasteiger partial charge < -0.3 is 9.47 Å². The van der Waals surface area contributed by atoms with Crippen LogP contribution in [0.3, 0.4) is 0 Å². The van der Waals surface area contributed by atoms with Crippen LogP contribution >= 0.6 is 7.82 Å². The molecule has 0 aliphatic heterocycles. The fourth-order valence-electron chi connectivity index (χ4n) is 0.934. The molecule has 0 radical (unpaired) electrons. The third-order valence-electron chi connectivity index (χ3n) is 1.50. The van der Waals surface area contributed by atoms with Crippen LogP contribution in [0.1, 0.15) is 34.6 Å². The summed E-state index contributed by atoms with van der Waals surface area (Å²) in [5.74, 6) is 5.04. The molecule has 0 aromatic rings. The number of rotatable bonds is 8. The first-order valence-corrected chi connectivity index (χ1v) is 7.19. The second-order valence-electron chi connectivity index (χ2n) is 3.15. The first-order chi connectivity index (χ1) is 8.97. The van der Waals surface area contributed by atoms with E-state index in [0.29, 0.717) is 0 Å². The topological polar surface area (TPSA) is 63.2 Å². The molecule has 108 valence electrons. The predicted molar refractivity (Wildman–Crippen MR) is 69.4 cm³/mol. The highest BCUT2D eigenvalue weighted by Gasteiger charge is 2.32. The summed E-state index contributed by atoms with van der Waals surface area (Å²) in [6.07, 6.45) is 2.95. The Morgan fingerprint density at radius 2 is 1.42 bits per heavy atom. The summed E-state index contributed by atoms with van der Waals surface area (Å²) < 4.78 is 37.2. The molecule has 2 atom stereocenters. The van der Waals surface area contributed by atoms with Crippen LogP contribution in [0.4, 0.5) is 0 Å². The highest BCUT2D eigenvalue weighted by atomic mass is 31.2. The Balaban J connectivity index is 4.57. The average Bonchev–Trinajstić information content (AvgIpc) is 2.33. The van der Waals surface area contributed by atoms with E-state index in [2.05, 4.69) is 24.1 Å². The standard InChI is InChI=1S/C12H19O6P/c1-6-9-14-11(4)17-19(13,16-8-3)18-12(5)15-10-7-2/h11-12H,8H2,1-5H3. The Labute approximate surface area is 114 Å². The van der Waals surface area contributed by atoms with E-state index in [1.165, 1.54) is 13.8 Å². The van der Waals surface area contributed by atoms with Crippen LogP contribution in [0, 0.1) is 24.1 Å². The van der Waals surface area contributed by atoms with Gasteiger partial charge in [0.15, 0.2) is 0 Å².